The zero-order chi connectivity index (χ0) is 16.6. The summed E-state index contributed by atoms with van der Waals surface area (Å²) < 4.78 is 5.18. The molecule has 0 spiro atoms. The van der Waals surface area contributed by atoms with E-state index < -0.39 is 0 Å². The van der Waals surface area contributed by atoms with Crippen LogP contribution in [0.3, 0.4) is 0 Å². The average Bonchev–Trinajstić information content (AvgIpc) is 2.50. The van der Waals surface area contributed by atoms with Gasteiger partial charge < -0.3 is 9.64 Å². The molecule has 0 N–H and O–H groups in total. The molecule has 0 aromatic carbocycles. The number of carbonyl (C=O) groups excluding carboxylic acids is 2. The molecule has 0 fully saturated rings. The highest BCUT2D eigenvalue weighted by Crippen LogP contribution is 2.08. The number of nitrogens with zero attached hydrogens (tertiary/aromatic N) is 1. The van der Waals surface area contributed by atoms with E-state index in [-0.39, 0.29) is 18.4 Å². The first kappa shape index (κ1) is 20.9. The van der Waals surface area contributed by atoms with E-state index in [0.29, 0.717) is 13.0 Å². The van der Waals surface area contributed by atoms with E-state index in [1.807, 2.05) is 6.92 Å². The molecule has 0 saturated carbocycles. The fourth-order valence-corrected chi connectivity index (χ4v) is 2.27. The number of rotatable bonds is 14. The zero-order valence-electron chi connectivity index (χ0n) is 14.9. The van der Waals surface area contributed by atoms with E-state index in [1.54, 1.807) is 7.05 Å². The second-order valence-electron chi connectivity index (χ2n) is 6.05. The molecule has 1 amide bonds. The van der Waals surface area contributed by atoms with Gasteiger partial charge in [-0.3, -0.25) is 9.59 Å². The highest BCUT2D eigenvalue weighted by atomic mass is 16.5. The van der Waals surface area contributed by atoms with Crippen LogP contribution in [-0.4, -0.2) is 37.0 Å². The van der Waals surface area contributed by atoms with Gasteiger partial charge in [-0.15, -0.1) is 0 Å². The van der Waals surface area contributed by atoms with Gasteiger partial charge in [0.05, 0.1) is 6.61 Å². The Bertz CT molecular complexity index is 292. The van der Waals surface area contributed by atoms with Crippen LogP contribution < -0.4 is 0 Å². The van der Waals surface area contributed by atoms with Crippen molar-refractivity contribution >= 4 is 11.9 Å². The quantitative estimate of drug-likeness (QED) is 0.354. The van der Waals surface area contributed by atoms with Crippen molar-refractivity contribution in [3.05, 3.63) is 0 Å². The summed E-state index contributed by atoms with van der Waals surface area (Å²) in [6.07, 6.45) is 12.2. The summed E-state index contributed by atoms with van der Waals surface area (Å²) in [7, 11) is 1.66. The number of carbonyl (C=O) groups is 2. The van der Waals surface area contributed by atoms with Crippen molar-refractivity contribution in [2.24, 2.45) is 0 Å². The van der Waals surface area contributed by atoms with Crippen LogP contribution >= 0.6 is 0 Å². The number of esters is 1. The van der Waals surface area contributed by atoms with Gasteiger partial charge in [0.25, 0.3) is 0 Å². The van der Waals surface area contributed by atoms with Gasteiger partial charge in [0.2, 0.25) is 5.91 Å². The molecule has 130 valence electrons. The van der Waals surface area contributed by atoms with Crippen molar-refractivity contribution in [3.63, 3.8) is 0 Å². The van der Waals surface area contributed by atoms with E-state index in [2.05, 4.69) is 6.92 Å². The summed E-state index contributed by atoms with van der Waals surface area (Å²) in [4.78, 5) is 24.8. The van der Waals surface area contributed by atoms with Gasteiger partial charge in [-0.25, -0.2) is 0 Å². The van der Waals surface area contributed by atoms with Crippen LogP contribution in [0, 0.1) is 0 Å². The first-order valence-corrected chi connectivity index (χ1v) is 9.01. The summed E-state index contributed by atoms with van der Waals surface area (Å²) in [5.74, 6) is -0.277. The summed E-state index contributed by atoms with van der Waals surface area (Å²) in [6.45, 7) is 4.82. The molecule has 0 unspecified atom stereocenters. The molecule has 0 radical (unpaired) electrons. The SMILES string of the molecule is CCCCCCCCCCOC(=O)CN(C)C(=O)CCCC. The second kappa shape index (κ2) is 14.9. The van der Waals surface area contributed by atoms with E-state index in [4.69, 9.17) is 4.74 Å². The van der Waals surface area contributed by atoms with Gasteiger partial charge >= 0.3 is 5.97 Å². The maximum Gasteiger partial charge on any atom is 0.325 e. The highest BCUT2D eigenvalue weighted by Gasteiger charge is 2.12. The summed E-state index contributed by atoms with van der Waals surface area (Å²) in [5, 5.41) is 0. The van der Waals surface area contributed by atoms with Crippen LogP contribution in [0.15, 0.2) is 0 Å². The monoisotopic (exact) mass is 313 g/mol. The Morgan fingerprint density at radius 3 is 1.95 bits per heavy atom. The minimum atomic E-state index is -0.296. The largest absolute Gasteiger partial charge is 0.464 e. The van der Waals surface area contributed by atoms with Crippen molar-refractivity contribution in [1.29, 1.82) is 0 Å². The van der Waals surface area contributed by atoms with Crippen LogP contribution in [0.4, 0.5) is 0 Å². The number of amides is 1. The molecule has 0 aliphatic heterocycles. The molecular weight excluding hydrogens is 278 g/mol. The lowest BCUT2D eigenvalue weighted by atomic mass is 10.1. The predicted molar refractivity (Wildman–Crippen MR) is 90.7 cm³/mol. The third-order valence-corrected chi connectivity index (χ3v) is 3.80. The lowest BCUT2D eigenvalue weighted by Crippen LogP contribution is -2.32. The number of hydrogen-bond acceptors (Lipinski definition) is 3. The fourth-order valence-electron chi connectivity index (χ4n) is 2.27. The Hall–Kier alpha value is -1.06. The summed E-state index contributed by atoms with van der Waals surface area (Å²) >= 11 is 0. The molecule has 4 heteroatoms. The summed E-state index contributed by atoms with van der Waals surface area (Å²) in [5.41, 5.74) is 0. The molecule has 0 atom stereocenters. The van der Waals surface area contributed by atoms with Crippen molar-refractivity contribution in [2.75, 3.05) is 20.2 Å². The molecule has 0 rings (SSSR count). The normalized spacial score (nSPS) is 10.5. The average molecular weight is 313 g/mol. The molecule has 0 bridgehead atoms. The van der Waals surface area contributed by atoms with E-state index in [9.17, 15) is 9.59 Å². The molecule has 0 aliphatic carbocycles. The van der Waals surface area contributed by atoms with Crippen LogP contribution in [-0.2, 0) is 14.3 Å². The second-order valence-corrected chi connectivity index (χ2v) is 6.05. The van der Waals surface area contributed by atoms with E-state index in [0.717, 1.165) is 25.7 Å². The first-order chi connectivity index (χ1) is 10.6. The molecule has 4 nitrogen and oxygen atoms in total. The number of ether oxygens (including phenoxy) is 1. The van der Waals surface area contributed by atoms with Crippen molar-refractivity contribution in [3.8, 4) is 0 Å². The zero-order valence-corrected chi connectivity index (χ0v) is 14.9. The Morgan fingerprint density at radius 1 is 0.818 bits per heavy atom. The predicted octanol–water partition coefficient (Wildman–Crippen LogP) is 4.32. The summed E-state index contributed by atoms with van der Waals surface area (Å²) in [6, 6.07) is 0. The van der Waals surface area contributed by atoms with Crippen molar-refractivity contribution in [1.82, 2.24) is 4.90 Å². The van der Waals surface area contributed by atoms with E-state index in [1.165, 1.54) is 43.4 Å². The number of likely N-dealkylation sites (N-methyl/N-ethyl adjacent to an activating group) is 1. The molecule has 0 aromatic rings. The third-order valence-electron chi connectivity index (χ3n) is 3.80. The number of hydrogen-bond donors (Lipinski definition) is 0. The smallest absolute Gasteiger partial charge is 0.325 e. The first-order valence-electron chi connectivity index (χ1n) is 9.01. The van der Waals surface area contributed by atoms with Crippen molar-refractivity contribution in [2.45, 2.75) is 84.5 Å². The molecule has 0 saturated heterocycles. The Morgan fingerprint density at radius 2 is 1.36 bits per heavy atom. The van der Waals surface area contributed by atoms with Crippen LogP contribution in [0.25, 0.3) is 0 Å². The highest BCUT2D eigenvalue weighted by molar-refractivity contribution is 5.81. The molecular formula is C18H35NO3. The Labute approximate surface area is 136 Å². The number of unbranched alkanes of at least 4 members (excludes halogenated alkanes) is 8. The van der Waals surface area contributed by atoms with Gasteiger partial charge in [0.1, 0.15) is 6.54 Å². The van der Waals surface area contributed by atoms with Crippen LogP contribution in [0.1, 0.15) is 84.5 Å². The van der Waals surface area contributed by atoms with Crippen molar-refractivity contribution < 1.29 is 14.3 Å². The Balaban J connectivity index is 3.47. The molecule has 0 aliphatic rings. The lowest BCUT2D eigenvalue weighted by Gasteiger charge is -2.16. The van der Waals surface area contributed by atoms with E-state index >= 15 is 0 Å². The van der Waals surface area contributed by atoms with Gasteiger partial charge in [-0.1, -0.05) is 65.2 Å². The maximum atomic E-state index is 11.7. The molecule has 0 heterocycles. The van der Waals surface area contributed by atoms with Gasteiger partial charge in [-0.2, -0.15) is 0 Å². The minimum absolute atomic E-state index is 0.0193. The fraction of sp³-hybridized carbons (Fsp3) is 0.889. The third kappa shape index (κ3) is 12.7. The topological polar surface area (TPSA) is 46.6 Å². The minimum Gasteiger partial charge on any atom is -0.464 e. The van der Waals surface area contributed by atoms with Gasteiger partial charge in [0, 0.05) is 13.5 Å². The van der Waals surface area contributed by atoms with Crippen LogP contribution in [0.5, 0.6) is 0 Å². The standard InChI is InChI=1S/C18H35NO3/c1-4-6-8-9-10-11-12-13-15-22-18(21)16-19(3)17(20)14-7-5-2/h4-16H2,1-3H3. The maximum absolute atomic E-state index is 11.7. The molecule has 22 heavy (non-hydrogen) atoms. The van der Waals surface area contributed by atoms with Crippen LogP contribution in [0.2, 0.25) is 0 Å². The van der Waals surface area contributed by atoms with Gasteiger partial charge in [-0.05, 0) is 12.8 Å². The lowest BCUT2D eigenvalue weighted by molar-refractivity contribution is -0.148. The Kier molecular flexibility index (Phi) is 14.1. The molecule has 0 aromatic heterocycles. The van der Waals surface area contributed by atoms with Gasteiger partial charge in [0.15, 0.2) is 0 Å².